The van der Waals surface area contributed by atoms with Gasteiger partial charge < -0.3 is 9.88 Å². The second-order valence-corrected chi connectivity index (χ2v) is 8.28. The van der Waals surface area contributed by atoms with Gasteiger partial charge in [0.05, 0.1) is 22.5 Å². The fraction of sp³-hybridized carbons (Fsp3) is 0.263. The topological polar surface area (TPSA) is 93.1 Å². The van der Waals surface area contributed by atoms with Crippen LogP contribution in [0.5, 0.6) is 0 Å². The molecule has 0 saturated heterocycles. The number of carbonyl (C=O) groups excluding carboxylic acids is 1. The quantitative estimate of drug-likeness (QED) is 0.679. The number of para-hydroxylation sites is 2. The zero-order valence-electron chi connectivity index (χ0n) is 15.4. The van der Waals surface area contributed by atoms with Gasteiger partial charge in [-0.25, -0.2) is 18.1 Å². The van der Waals surface area contributed by atoms with Crippen LogP contribution in [0, 0.1) is 0 Å². The minimum absolute atomic E-state index is 0.0616. The third-order valence-corrected chi connectivity index (χ3v) is 5.74. The van der Waals surface area contributed by atoms with E-state index >= 15 is 0 Å². The van der Waals surface area contributed by atoms with E-state index in [4.69, 9.17) is 0 Å². The number of fused-ring (bicyclic) bond motifs is 1. The number of sulfonamides is 1. The molecule has 0 aliphatic carbocycles. The van der Waals surface area contributed by atoms with Crippen LogP contribution in [0.2, 0.25) is 0 Å². The molecule has 0 saturated carbocycles. The van der Waals surface area contributed by atoms with Crippen LogP contribution in [0.15, 0.2) is 53.4 Å². The molecule has 8 heteroatoms. The fourth-order valence-corrected chi connectivity index (χ4v) is 4.09. The Labute approximate surface area is 158 Å². The molecule has 0 unspecified atom stereocenters. The standard InChI is InChI=1S/C19H22N4O3S/c1-13(2)22-27(25,26)15-8-6-7-14(11-15)19(24)20-12-18-21-16-9-4-5-10-17(16)23(18)3/h4-11,13,22H,12H2,1-3H3,(H,20,24). The summed E-state index contributed by atoms with van der Waals surface area (Å²) < 4.78 is 29.0. The Kier molecular flexibility index (Phi) is 5.29. The lowest BCUT2D eigenvalue weighted by atomic mass is 10.2. The maximum absolute atomic E-state index is 12.5. The van der Waals surface area contributed by atoms with E-state index < -0.39 is 10.0 Å². The smallest absolute Gasteiger partial charge is 0.251 e. The van der Waals surface area contributed by atoms with Crippen molar-refractivity contribution in [1.82, 2.24) is 19.6 Å². The molecule has 0 fully saturated rings. The van der Waals surface area contributed by atoms with E-state index in [0.29, 0.717) is 0 Å². The summed E-state index contributed by atoms with van der Waals surface area (Å²) >= 11 is 0. The maximum atomic E-state index is 12.5. The number of nitrogens with zero attached hydrogens (tertiary/aromatic N) is 2. The first-order valence-corrected chi connectivity index (χ1v) is 10.1. The SMILES string of the molecule is CC(C)NS(=O)(=O)c1cccc(C(=O)NCc2nc3ccccc3n2C)c1. The van der Waals surface area contributed by atoms with Gasteiger partial charge in [0.15, 0.2) is 0 Å². The molecule has 0 aliphatic heterocycles. The largest absolute Gasteiger partial charge is 0.345 e. The van der Waals surface area contributed by atoms with E-state index in [1.807, 2.05) is 35.9 Å². The fourth-order valence-electron chi connectivity index (χ4n) is 2.80. The zero-order chi connectivity index (χ0) is 19.6. The van der Waals surface area contributed by atoms with Gasteiger partial charge in [-0.05, 0) is 44.2 Å². The summed E-state index contributed by atoms with van der Waals surface area (Å²) in [7, 11) is -1.76. The molecular weight excluding hydrogens is 364 g/mol. The number of hydrogen-bond donors (Lipinski definition) is 2. The van der Waals surface area contributed by atoms with Gasteiger partial charge in [-0.3, -0.25) is 4.79 Å². The van der Waals surface area contributed by atoms with E-state index in [0.717, 1.165) is 16.9 Å². The van der Waals surface area contributed by atoms with Crippen molar-refractivity contribution in [2.75, 3.05) is 0 Å². The van der Waals surface area contributed by atoms with Gasteiger partial charge in [0.1, 0.15) is 5.82 Å². The van der Waals surface area contributed by atoms with E-state index in [-0.39, 0.29) is 29.0 Å². The number of carbonyl (C=O) groups is 1. The monoisotopic (exact) mass is 386 g/mol. The third-order valence-electron chi connectivity index (χ3n) is 4.08. The number of aryl methyl sites for hydroxylation is 1. The molecule has 27 heavy (non-hydrogen) atoms. The van der Waals surface area contributed by atoms with Gasteiger partial charge in [-0.15, -0.1) is 0 Å². The normalized spacial score (nSPS) is 11.9. The molecule has 7 nitrogen and oxygen atoms in total. The molecule has 0 atom stereocenters. The van der Waals surface area contributed by atoms with Crippen LogP contribution in [-0.2, 0) is 23.6 Å². The van der Waals surface area contributed by atoms with Gasteiger partial charge in [0.2, 0.25) is 10.0 Å². The first-order chi connectivity index (χ1) is 12.8. The van der Waals surface area contributed by atoms with Crippen LogP contribution in [0.3, 0.4) is 0 Å². The van der Waals surface area contributed by atoms with Crippen LogP contribution < -0.4 is 10.0 Å². The van der Waals surface area contributed by atoms with E-state index in [2.05, 4.69) is 15.0 Å². The summed E-state index contributed by atoms with van der Waals surface area (Å²) in [6.07, 6.45) is 0. The van der Waals surface area contributed by atoms with Crippen LogP contribution in [-0.4, -0.2) is 29.9 Å². The van der Waals surface area contributed by atoms with Crippen molar-refractivity contribution in [2.24, 2.45) is 7.05 Å². The summed E-state index contributed by atoms with van der Waals surface area (Å²) in [5.74, 6) is 0.360. The lowest BCUT2D eigenvalue weighted by Gasteiger charge is -2.11. The summed E-state index contributed by atoms with van der Waals surface area (Å²) in [5, 5.41) is 2.80. The number of imidazole rings is 1. The minimum atomic E-state index is -3.65. The van der Waals surface area contributed by atoms with Gasteiger partial charge in [-0.2, -0.15) is 0 Å². The van der Waals surface area contributed by atoms with Crippen LogP contribution in [0.25, 0.3) is 11.0 Å². The van der Waals surface area contributed by atoms with E-state index in [1.165, 1.54) is 12.1 Å². The lowest BCUT2D eigenvalue weighted by molar-refractivity contribution is 0.0949. The van der Waals surface area contributed by atoms with Crippen molar-refractivity contribution in [3.63, 3.8) is 0 Å². The Morgan fingerprint density at radius 3 is 2.59 bits per heavy atom. The zero-order valence-corrected chi connectivity index (χ0v) is 16.2. The van der Waals surface area contributed by atoms with Crippen molar-refractivity contribution in [3.05, 3.63) is 59.9 Å². The summed E-state index contributed by atoms with van der Waals surface area (Å²) in [5.41, 5.74) is 2.12. The molecule has 3 rings (SSSR count). The van der Waals surface area contributed by atoms with Crippen LogP contribution >= 0.6 is 0 Å². The number of rotatable bonds is 6. The predicted octanol–water partition coefficient (Wildman–Crippen LogP) is 2.19. The molecular formula is C19H22N4O3S. The predicted molar refractivity (Wildman–Crippen MR) is 104 cm³/mol. The Hall–Kier alpha value is -2.71. The molecule has 142 valence electrons. The Bertz CT molecular complexity index is 1090. The molecule has 1 heterocycles. The molecule has 1 amide bonds. The second kappa shape index (κ2) is 7.50. The van der Waals surface area contributed by atoms with Gasteiger partial charge >= 0.3 is 0 Å². The minimum Gasteiger partial charge on any atom is -0.345 e. The van der Waals surface area contributed by atoms with Crippen molar-refractivity contribution in [3.8, 4) is 0 Å². The molecule has 0 aliphatic rings. The highest BCUT2D eigenvalue weighted by atomic mass is 32.2. The number of amides is 1. The summed E-state index contributed by atoms with van der Waals surface area (Å²) in [4.78, 5) is 17.1. The molecule has 2 aromatic carbocycles. The number of hydrogen-bond acceptors (Lipinski definition) is 4. The molecule has 0 spiro atoms. The first kappa shape index (κ1) is 19.1. The average molecular weight is 386 g/mol. The van der Waals surface area contributed by atoms with Crippen molar-refractivity contribution >= 4 is 27.0 Å². The van der Waals surface area contributed by atoms with E-state index in [9.17, 15) is 13.2 Å². The Balaban J connectivity index is 1.76. The highest BCUT2D eigenvalue weighted by Crippen LogP contribution is 2.15. The summed E-state index contributed by atoms with van der Waals surface area (Å²) in [6.45, 7) is 3.72. The second-order valence-electron chi connectivity index (χ2n) is 6.56. The third kappa shape index (κ3) is 4.17. The Morgan fingerprint density at radius 1 is 1.15 bits per heavy atom. The number of nitrogens with one attached hydrogen (secondary N) is 2. The van der Waals surface area contributed by atoms with E-state index in [1.54, 1.807) is 26.0 Å². The molecule has 1 aromatic heterocycles. The summed E-state index contributed by atoms with van der Waals surface area (Å²) in [6, 6.07) is 13.5. The van der Waals surface area contributed by atoms with Gasteiger partial charge in [-0.1, -0.05) is 18.2 Å². The van der Waals surface area contributed by atoms with Crippen molar-refractivity contribution < 1.29 is 13.2 Å². The van der Waals surface area contributed by atoms with Crippen molar-refractivity contribution in [1.29, 1.82) is 0 Å². The highest BCUT2D eigenvalue weighted by molar-refractivity contribution is 7.89. The molecule has 0 radical (unpaired) electrons. The van der Waals surface area contributed by atoms with Gasteiger partial charge in [0, 0.05) is 18.7 Å². The van der Waals surface area contributed by atoms with Crippen molar-refractivity contribution in [2.45, 2.75) is 31.3 Å². The Morgan fingerprint density at radius 2 is 1.89 bits per heavy atom. The average Bonchev–Trinajstić information content (AvgIpc) is 2.95. The maximum Gasteiger partial charge on any atom is 0.251 e. The molecule has 3 aromatic rings. The number of aromatic nitrogens is 2. The lowest BCUT2D eigenvalue weighted by Crippen LogP contribution is -2.30. The molecule has 2 N–H and O–H groups in total. The van der Waals surface area contributed by atoms with Crippen LogP contribution in [0.4, 0.5) is 0 Å². The molecule has 0 bridgehead atoms. The number of benzene rings is 2. The highest BCUT2D eigenvalue weighted by Gasteiger charge is 2.17. The first-order valence-electron chi connectivity index (χ1n) is 8.59. The van der Waals surface area contributed by atoms with Crippen LogP contribution in [0.1, 0.15) is 30.0 Å². The van der Waals surface area contributed by atoms with Gasteiger partial charge in [0.25, 0.3) is 5.91 Å².